The lowest BCUT2D eigenvalue weighted by atomic mass is 10.0. The Labute approximate surface area is 156 Å². The summed E-state index contributed by atoms with van der Waals surface area (Å²) in [6.45, 7) is 6.44. The molecular formula is C18H22N6O3. The van der Waals surface area contributed by atoms with Gasteiger partial charge in [0.25, 0.3) is 0 Å². The van der Waals surface area contributed by atoms with Gasteiger partial charge < -0.3 is 15.4 Å². The maximum atomic E-state index is 12.1. The number of hydrogen-bond donors (Lipinski definition) is 2. The van der Waals surface area contributed by atoms with Crippen molar-refractivity contribution >= 4 is 12.0 Å². The van der Waals surface area contributed by atoms with Crippen LogP contribution in [-0.4, -0.2) is 45.4 Å². The van der Waals surface area contributed by atoms with E-state index >= 15 is 0 Å². The molecule has 0 radical (unpaired) electrons. The second-order valence-corrected chi connectivity index (χ2v) is 6.41. The van der Waals surface area contributed by atoms with Gasteiger partial charge in [-0.05, 0) is 23.6 Å². The van der Waals surface area contributed by atoms with Crippen molar-refractivity contribution in [2.24, 2.45) is 0 Å². The molecule has 3 rings (SSSR count). The lowest BCUT2D eigenvalue weighted by molar-refractivity contribution is -0.138. The molecule has 0 aliphatic carbocycles. The molecule has 1 aliphatic rings. The highest BCUT2D eigenvalue weighted by atomic mass is 16.5. The first-order chi connectivity index (χ1) is 13.0. The van der Waals surface area contributed by atoms with Gasteiger partial charge in [0.2, 0.25) is 5.82 Å². The van der Waals surface area contributed by atoms with Gasteiger partial charge in [0.1, 0.15) is 6.54 Å². The topological polar surface area (TPSA) is 111 Å². The SMILES string of the molecule is CCOC(=O)C1=C(Cn2nnc(-c3ccc(C(C)C)cc3)n2)NC(=O)NC1. The van der Waals surface area contributed by atoms with Crippen molar-refractivity contribution in [1.29, 1.82) is 0 Å². The average Bonchev–Trinajstić information content (AvgIpc) is 3.10. The smallest absolute Gasteiger partial charge is 0.337 e. The van der Waals surface area contributed by atoms with Gasteiger partial charge in [-0.3, -0.25) is 0 Å². The third-order valence-corrected chi connectivity index (χ3v) is 4.16. The van der Waals surface area contributed by atoms with Crippen LogP contribution in [-0.2, 0) is 16.1 Å². The number of hydrogen-bond acceptors (Lipinski definition) is 6. The van der Waals surface area contributed by atoms with E-state index in [1.807, 2.05) is 24.3 Å². The highest BCUT2D eigenvalue weighted by molar-refractivity contribution is 5.93. The highest BCUT2D eigenvalue weighted by Gasteiger charge is 2.24. The van der Waals surface area contributed by atoms with Crippen molar-refractivity contribution < 1.29 is 14.3 Å². The quantitative estimate of drug-likeness (QED) is 0.747. The van der Waals surface area contributed by atoms with E-state index in [4.69, 9.17) is 4.74 Å². The largest absolute Gasteiger partial charge is 0.463 e. The first-order valence-electron chi connectivity index (χ1n) is 8.80. The molecule has 142 valence electrons. The summed E-state index contributed by atoms with van der Waals surface area (Å²) in [6, 6.07) is 7.59. The van der Waals surface area contributed by atoms with E-state index in [-0.39, 0.29) is 25.7 Å². The molecule has 0 spiro atoms. The number of urea groups is 1. The second kappa shape index (κ2) is 7.98. The summed E-state index contributed by atoms with van der Waals surface area (Å²) < 4.78 is 5.04. The van der Waals surface area contributed by atoms with Gasteiger partial charge in [-0.25, -0.2) is 9.59 Å². The number of benzene rings is 1. The summed E-state index contributed by atoms with van der Waals surface area (Å²) >= 11 is 0. The number of tetrazole rings is 1. The Morgan fingerprint density at radius 2 is 2.04 bits per heavy atom. The maximum Gasteiger partial charge on any atom is 0.337 e. The molecule has 1 aromatic carbocycles. The van der Waals surface area contributed by atoms with Gasteiger partial charge in [-0.1, -0.05) is 38.1 Å². The van der Waals surface area contributed by atoms with Gasteiger partial charge in [0.15, 0.2) is 0 Å². The fourth-order valence-corrected chi connectivity index (χ4v) is 2.66. The molecule has 2 N–H and O–H groups in total. The van der Waals surface area contributed by atoms with E-state index in [1.165, 1.54) is 10.4 Å². The van der Waals surface area contributed by atoms with Crippen molar-refractivity contribution in [3.8, 4) is 11.4 Å². The Morgan fingerprint density at radius 3 is 2.70 bits per heavy atom. The maximum absolute atomic E-state index is 12.1. The first-order valence-corrected chi connectivity index (χ1v) is 8.80. The van der Waals surface area contributed by atoms with Gasteiger partial charge in [0.05, 0.1) is 24.4 Å². The zero-order chi connectivity index (χ0) is 19.4. The van der Waals surface area contributed by atoms with Gasteiger partial charge in [-0.2, -0.15) is 4.80 Å². The second-order valence-electron chi connectivity index (χ2n) is 6.41. The van der Waals surface area contributed by atoms with Crippen LogP contribution in [0.2, 0.25) is 0 Å². The van der Waals surface area contributed by atoms with Crippen LogP contribution < -0.4 is 10.6 Å². The third-order valence-electron chi connectivity index (χ3n) is 4.16. The Balaban J connectivity index is 1.81. The van der Waals surface area contributed by atoms with E-state index in [0.717, 1.165) is 5.56 Å². The molecule has 0 saturated heterocycles. The standard InChI is InChI=1S/C18H22N6O3/c1-4-27-17(25)14-9-19-18(26)20-15(14)10-24-22-16(21-23-24)13-7-5-12(6-8-13)11(2)3/h5-8,11H,4,9-10H2,1-3H3,(H2,19,20,26). The number of amides is 2. The van der Waals surface area contributed by atoms with E-state index in [9.17, 15) is 9.59 Å². The third kappa shape index (κ3) is 4.30. The van der Waals surface area contributed by atoms with Crippen molar-refractivity contribution in [2.75, 3.05) is 13.2 Å². The van der Waals surface area contributed by atoms with Crippen LogP contribution in [0.15, 0.2) is 35.5 Å². The molecule has 0 bridgehead atoms. The van der Waals surface area contributed by atoms with Crippen LogP contribution in [0.3, 0.4) is 0 Å². The fraction of sp³-hybridized carbons (Fsp3) is 0.389. The first kappa shape index (κ1) is 18.6. The predicted octanol–water partition coefficient (Wildman–Crippen LogP) is 1.59. The number of nitrogens with one attached hydrogen (secondary N) is 2. The molecule has 9 nitrogen and oxygen atoms in total. The zero-order valence-corrected chi connectivity index (χ0v) is 15.5. The number of carbonyl (C=O) groups excluding carboxylic acids is 2. The van der Waals surface area contributed by atoms with E-state index in [1.54, 1.807) is 6.92 Å². The molecule has 0 saturated carbocycles. The number of rotatable bonds is 6. The molecule has 1 aromatic heterocycles. The van der Waals surface area contributed by atoms with Crippen molar-refractivity contribution in [3.05, 3.63) is 41.1 Å². The molecular weight excluding hydrogens is 348 g/mol. The fourth-order valence-electron chi connectivity index (χ4n) is 2.66. The summed E-state index contributed by atoms with van der Waals surface area (Å²) in [6.07, 6.45) is 0. The molecule has 0 unspecified atom stereocenters. The minimum absolute atomic E-state index is 0.0955. The van der Waals surface area contributed by atoms with Gasteiger partial charge in [-0.15, -0.1) is 10.2 Å². The van der Waals surface area contributed by atoms with Gasteiger partial charge in [0, 0.05) is 5.56 Å². The Hall–Kier alpha value is -3.23. The normalized spacial score (nSPS) is 14.1. The van der Waals surface area contributed by atoms with Crippen LogP contribution >= 0.6 is 0 Å². The molecule has 0 atom stereocenters. The molecule has 1 aliphatic heterocycles. The number of nitrogens with zero attached hydrogens (tertiary/aromatic N) is 4. The monoisotopic (exact) mass is 370 g/mol. The molecule has 2 heterocycles. The van der Waals surface area contributed by atoms with Crippen LogP contribution in [0.25, 0.3) is 11.4 Å². The summed E-state index contributed by atoms with van der Waals surface area (Å²) in [5.41, 5.74) is 2.82. The lowest BCUT2D eigenvalue weighted by Gasteiger charge is -2.20. The number of esters is 1. The Kier molecular flexibility index (Phi) is 5.49. The molecule has 27 heavy (non-hydrogen) atoms. The number of allylic oxidation sites excluding steroid dienone is 1. The van der Waals surface area contributed by atoms with Crippen molar-refractivity contribution in [1.82, 2.24) is 30.8 Å². The zero-order valence-electron chi connectivity index (χ0n) is 15.5. The van der Waals surface area contributed by atoms with Crippen LogP contribution in [0.5, 0.6) is 0 Å². The van der Waals surface area contributed by atoms with Crippen LogP contribution in [0.1, 0.15) is 32.3 Å². The number of ether oxygens (including phenoxy) is 1. The number of aromatic nitrogens is 4. The molecule has 2 aromatic rings. The summed E-state index contributed by atoms with van der Waals surface area (Å²) in [5, 5.41) is 17.6. The highest BCUT2D eigenvalue weighted by Crippen LogP contribution is 2.19. The van der Waals surface area contributed by atoms with Crippen LogP contribution in [0.4, 0.5) is 4.79 Å². The van der Waals surface area contributed by atoms with Crippen LogP contribution in [0, 0.1) is 0 Å². The van der Waals surface area contributed by atoms with E-state index in [2.05, 4.69) is 39.9 Å². The molecule has 0 fully saturated rings. The molecule has 2 amide bonds. The average molecular weight is 370 g/mol. The van der Waals surface area contributed by atoms with E-state index < -0.39 is 5.97 Å². The van der Waals surface area contributed by atoms with Crippen molar-refractivity contribution in [3.63, 3.8) is 0 Å². The number of carbonyl (C=O) groups is 2. The summed E-state index contributed by atoms with van der Waals surface area (Å²) in [7, 11) is 0. The van der Waals surface area contributed by atoms with Crippen molar-refractivity contribution in [2.45, 2.75) is 33.2 Å². The minimum Gasteiger partial charge on any atom is -0.463 e. The lowest BCUT2D eigenvalue weighted by Crippen LogP contribution is -2.45. The summed E-state index contributed by atoms with van der Waals surface area (Å²) in [4.78, 5) is 25.1. The van der Waals surface area contributed by atoms with E-state index in [0.29, 0.717) is 23.0 Å². The Morgan fingerprint density at radius 1 is 1.30 bits per heavy atom. The van der Waals surface area contributed by atoms with Gasteiger partial charge >= 0.3 is 12.0 Å². The predicted molar refractivity (Wildman–Crippen MR) is 97.5 cm³/mol. The minimum atomic E-state index is -0.482. The summed E-state index contributed by atoms with van der Waals surface area (Å²) in [5.74, 6) is 0.438. The Bertz CT molecular complexity index is 869. The molecule has 9 heteroatoms.